The van der Waals surface area contributed by atoms with E-state index >= 15 is 0 Å². The summed E-state index contributed by atoms with van der Waals surface area (Å²) in [7, 11) is -3.05. The molecule has 0 radical (unpaired) electrons. The van der Waals surface area contributed by atoms with E-state index < -0.39 is 7.39 Å². The van der Waals surface area contributed by atoms with Gasteiger partial charge in [-0.3, -0.25) is 0 Å². The molecule has 4 nitrogen and oxygen atoms in total. The van der Waals surface area contributed by atoms with E-state index in [1.807, 2.05) is 0 Å². The first-order valence-corrected chi connectivity index (χ1v) is 17.3. The van der Waals surface area contributed by atoms with Gasteiger partial charge >= 0.3 is 185 Å². The van der Waals surface area contributed by atoms with Gasteiger partial charge in [-0.2, -0.15) is 0 Å². The minimum atomic E-state index is -3.05. The summed E-state index contributed by atoms with van der Waals surface area (Å²) < 4.78 is 13.4. The minimum absolute atomic E-state index is 0.140. The van der Waals surface area contributed by atoms with E-state index in [4.69, 9.17) is 19.5 Å². The summed E-state index contributed by atoms with van der Waals surface area (Å²) >= 11 is 7.89. The molecule has 0 aromatic carbocycles. The summed E-state index contributed by atoms with van der Waals surface area (Å²) in [5, 5.41) is 0. The Kier molecular flexibility index (Phi) is 5.71. The first-order chi connectivity index (χ1) is 13.2. The Morgan fingerprint density at radius 2 is 1.07 bits per heavy atom. The topological polar surface area (TPSA) is 43.2 Å². The van der Waals surface area contributed by atoms with Gasteiger partial charge in [0.25, 0.3) is 0 Å². The van der Waals surface area contributed by atoms with Gasteiger partial charge in [-0.05, 0) is 0 Å². The second kappa shape index (κ2) is 7.44. The molecular formula is C21H34Br2N2NiO2. The van der Waals surface area contributed by atoms with Crippen LogP contribution in [0.4, 0.5) is 0 Å². The van der Waals surface area contributed by atoms with Crippen molar-refractivity contribution in [1.29, 1.82) is 0 Å². The average Bonchev–Trinajstić information content (AvgIpc) is 2.92. The molecule has 2 saturated carbocycles. The van der Waals surface area contributed by atoms with Crippen molar-refractivity contribution in [2.24, 2.45) is 9.98 Å². The van der Waals surface area contributed by atoms with E-state index in [9.17, 15) is 0 Å². The van der Waals surface area contributed by atoms with E-state index in [1.165, 1.54) is 51.4 Å². The maximum absolute atomic E-state index is 6.68. The molecule has 2 aliphatic carbocycles. The summed E-state index contributed by atoms with van der Waals surface area (Å²) in [4.78, 5) is 11.4. The van der Waals surface area contributed by atoms with Crippen LogP contribution in [0.25, 0.3) is 0 Å². The SMILES string of the molecule is [CH2]=[Ni]([Br])([Br])([C]1=N[C@@H](C)C2(CCCCCC2)O1)[C]1=N[C@@H](C)C2(CCCCCC2)O1. The monoisotopic (exact) mass is 562 g/mol. The van der Waals surface area contributed by atoms with Crippen molar-refractivity contribution < 1.29 is 16.9 Å². The molecule has 0 bridgehead atoms. The molecule has 0 aromatic heterocycles. The molecule has 2 heterocycles. The third-order valence-electron chi connectivity index (χ3n) is 7.09. The van der Waals surface area contributed by atoms with Gasteiger partial charge in [0.2, 0.25) is 0 Å². The fourth-order valence-electron chi connectivity index (χ4n) is 5.09. The van der Waals surface area contributed by atoms with Crippen LogP contribution in [-0.2, 0) is 16.9 Å². The molecular weight excluding hydrogens is 531 g/mol. The molecule has 28 heavy (non-hydrogen) atoms. The van der Waals surface area contributed by atoms with Crippen molar-refractivity contribution in [3.05, 3.63) is 0 Å². The molecule has 164 valence electrons. The normalized spacial score (nSPS) is 33.8. The molecule has 0 aromatic rings. The third kappa shape index (κ3) is 3.60. The van der Waals surface area contributed by atoms with Gasteiger partial charge in [-0.1, -0.05) is 0 Å². The van der Waals surface area contributed by atoms with Crippen LogP contribution in [-0.4, -0.2) is 38.5 Å². The van der Waals surface area contributed by atoms with Gasteiger partial charge < -0.3 is 0 Å². The standard InChI is InChI=1S/2C10H16NO.CH2.2BrH.Ni/c2*1-9-10(12-8-11-9)6-4-2-3-5-7-10;;;;/h2*9H,2-7H2,1H3;1H2;2*1H;/q;;;;;+2/p-2/t2*9-;;;;/m00..../s1. The van der Waals surface area contributed by atoms with Crippen molar-refractivity contribution in [3.63, 3.8) is 0 Å². The summed E-state index contributed by atoms with van der Waals surface area (Å²) in [5.74, 6) is 0. The molecule has 0 unspecified atom stereocenters. The molecule has 2 fully saturated rings. The Morgan fingerprint density at radius 3 is 1.39 bits per heavy atom. The van der Waals surface area contributed by atoms with E-state index in [-0.39, 0.29) is 23.3 Å². The van der Waals surface area contributed by atoms with Crippen molar-refractivity contribution >= 4 is 43.7 Å². The van der Waals surface area contributed by atoms with Crippen molar-refractivity contribution in [2.45, 2.75) is 114 Å². The van der Waals surface area contributed by atoms with Gasteiger partial charge in [0.15, 0.2) is 0 Å². The fourth-order valence-corrected chi connectivity index (χ4v) is 8.86. The van der Waals surface area contributed by atoms with Crippen LogP contribution in [0.3, 0.4) is 0 Å². The fraction of sp³-hybridized carbons (Fsp3) is 0.857. The summed E-state index contributed by atoms with van der Waals surface area (Å²) in [5.41, 5.74) is 4.21. The first kappa shape index (κ1) is 21.5. The maximum atomic E-state index is 6.68. The number of rotatable bonds is 2. The molecule has 0 amide bonds. The Balaban J connectivity index is 1.61. The second-order valence-electron chi connectivity index (χ2n) is 8.98. The van der Waals surface area contributed by atoms with Gasteiger partial charge in [0.1, 0.15) is 0 Å². The van der Waals surface area contributed by atoms with Gasteiger partial charge in [-0.25, -0.2) is 0 Å². The molecule has 2 spiro atoms. The summed E-state index contributed by atoms with van der Waals surface area (Å²) in [6, 6.07) is 0.280. The zero-order chi connectivity index (χ0) is 20.1. The first-order valence-electron chi connectivity index (χ1n) is 10.7. The van der Waals surface area contributed by atoms with Gasteiger partial charge in [0, 0.05) is 0 Å². The summed E-state index contributed by atoms with van der Waals surface area (Å²) in [6.07, 6.45) is 14.3. The quantitative estimate of drug-likeness (QED) is 0.361. The Bertz CT molecular complexity index is 686. The number of nitrogens with zero attached hydrogens (tertiary/aromatic N) is 2. The van der Waals surface area contributed by atoms with Crippen molar-refractivity contribution in [3.8, 4) is 0 Å². The van der Waals surface area contributed by atoms with Crippen LogP contribution in [0, 0.1) is 0 Å². The number of aliphatic imine (C=N–C) groups is 2. The number of halogens is 2. The molecule has 2 aliphatic heterocycles. The van der Waals surface area contributed by atoms with Crippen LogP contribution in [0.5, 0.6) is 0 Å². The summed E-state index contributed by atoms with van der Waals surface area (Å²) in [6.45, 7) is 4.38. The van der Waals surface area contributed by atoms with Gasteiger partial charge in [0.05, 0.1) is 0 Å². The molecule has 7 heteroatoms. The molecule has 0 saturated heterocycles. The van der Waals surface area contributed by atoms with Crippen LogP contribution in [0.15, 0.2) is 9.98 Å². The van der Waals surface area contributed by atoms with Gasteiger partial charge in [-0.15, -0.1) is 0 Å². The Morgan fingerprint density at radius 1 is 0.750 bits per heavy atom. The van der Waals surface area contributed by atoms with E-state index in [0.29, 0.717) is 9.74 Å². The molecule has 0 N–H and O–H groups in total. The Hall–Kier alpha value is 0.264. The predicted molar refractivity (Wildman–Crippen MR) is 122 cm³/mol. The van der Waals surface area contributed by atoms with E-state index in [0.717, 1.165) is 25.7 Å². The van der Waals surface area contributed by atoms with Crippen molar-refractivity contribution in [1.82, 2.24) is 0 Å². The predicted octanol–water partition coefficient (Wildman–Crippen LogP) is 6.46. The molecule has 4 aliphatic rings. The molecule has 2 atom stereocenters. The zero-order valence-electron chi connectivity index (χ0n) is 17.1. The second-order valence-corrected chi connectivity index (χ2v) is 24.1. The zero-order valence-corrected chi connectivity index (χ0v) is 21.3. The van der Waals surface area contributed by atoms with Crippen molar-refractivity contribution in [2.75, 3.05) is 0 Å². The number of ether oxygens (including phenoxy) is 2. The van der Waals surface area contributed by atoms with Crippen LogP contribution >= 0.6 is 28.5 Å². The van der Waals surface area contributed by atoms with E-state index in [1.54, 1.807) is 0 Å². The van der Waals surface area contributed by atoms with Crippen LogP contribution in [0.1, 0.15) is 90.9 Å². The average molecular weight is 565 g/mol. The number of hydrogen-bond donors (Lipinski definition) is 0. The van der Waals surface area contributed by atoms with Crippen LogP contribution in [0.2, 0.25) is 0 Å². The third-order valence-corrected chi connectivity index (χ3v) is 12.7. The number of hydrogen-bond acceptors (Lipinski definition) is 4. The molecule has 4 rings (SSSR count). The van der Waals surface area contributed by atoms with Crippen LogP contribution < -0.4 is 0 Å². The Labute approximate surface area is 184 Å². The van der Waals surface area contributed by atoms with E-state index in [2.05, 4.69) is 47.8 Å².